The largest absolute Gasteiger partial charge is 0.353 e. The molecule has 1 aliphatic heterocycles. The Bertz CT molecular complexity index is 420. The lowest BCUT2D eigenvalue weighted by Gasteiger charge is -2.31. The Labute approximate surface area is 115 Å². The predicted octanol–water partition coefficient (Wildman–Crippen LogP) is -0.181. The van der Waals surface area contributed by atoms with Crippen LogP contribution in [0.2, 0.25) is 0 Å². The Balaban J connectivity index is 2.49. The van der Waals surface area contributed by atoms with Crippen LogP contribution >= 0.6 is 0 Å². The van der Waals surface area contributed by atoms with Gasteiger partial charge in [-0.15, -0.1) is 0 Å². The molecule has 19 heavy (non-hydrogen) atoms. The van der Waals surface area contributed by atoms with Crippen LogP contribution in [-0.2, 0) is 14.8 Å². The fraction of sp³-hybridized carbons (Fsp3) is 0.917. The monoisotopic (exact) mass is 291 g/mol. The van der Waals surface area contributed by atoms with E-state index in [1.165, 1.54) is 0 Å². The Morgan fingerprint density at radius 3 is 2.58 bits per heavy atom. The zero-order valence-corrected chi connectivity index (χ0v) is 12.9. The van der Waals surface area contributed by atoms with Gasteiger partial charge in [-0.25, -0.2) is 13.1 Å². The van der Waals surface area contributed by atoms with Crippen LogP contribution in [0, 0.1) is 5.92 Å². The smallest absolute Gasteiger partial charge is 0.237 e. The van der Waals surface area contributed by atoms with Gasteiger partial charge >= 0.3 is 0 Å². The van der Waals surface area contributed by atoms with Gasteiger partial charge in [-0.3, -0.25) is 4.79 Å². The standard InChI is InChI=1S/C12H25N3O3S/c1-9-6-5-7-13-10(9)11(16)14-8-12(2,3)15-19(4,17)18/h9-10,13,15H,5-8H2,1-4H3,(H,14,16). The average molecular weight is 291 g/mol. The lowest BCUT2D eigenvalue weighted by Crippen LogP contribution is -2.56. The number of rotatable bonds is 5. The van der Waals surface area contributed by atoms with Crippen molar-refractivity contribution in [3.05, 3.63) is 0 Å². The second-order valence-corrected chi connectivity index (χ2v) is 7.78. The van der Waals surface area contributed by atoms with Gasteiger partial charge in [0.05, 0.1) is 12.3 Å². The molecular weight excluding hydrogens is 266 g/mol. The molecule has 112 valence electrons. The van der Waals surface area contributed by atoms with Gasteiger partial charge in [-0.1, -0.05) is 6.92 Å². The van der Waals surface area contributed by atoms with Gasteiger partial charge in [0.2, 0.25) is 15.9 Å². The molecule has 0 aliphatic carbocycles. The van der Waals surface area contributed by atoms with Crippen LogP contribution in [0.4, 0.5) is 0 Å². The lowest BCUT2D eigenvalue weighted by atomic mass is 9.92. The number of sulfonamides is 1. The third-order valence-corrected chi connectivity index (χ3v) is 4.14. The van der Waals surface area contributed by atoms with Crippen LogP contribution in [0.1, 0.15) is 33.6 Å². The summed E-state index contributed by atoms with van der Waals surface area (Å²) in [5.74, 6) is 0.246. The van der Waals surface area contributed by atoms with E-state index in [0.717, 1.165) is 25.6 Å². The first-order valence-corrected chi connectivity index (χ1v) is 8.50. The minimum atomic E-state index is -3.28. The van der Waals surface area contributed by atoms with Gasteiger partial charge in [0.1, 0.15) is 0 Å². The van der Waals surface area contributed by atoms with E-state index in [4.69, 9.17) is 0 Å². The molecule has 0 aromatic rings. The Morgan fingerprint density at radius 2 is 2.05 bits per heavy atom. The van der Waals surface area contributed by atoms with E-state index in [1.807, 2.05) is 0 Å². The van der Waals surface area contributed by atoms with Crippen LogP contribution in [0.25, 0.3) is 0 Å². The van der Waals surface area contributed by atoms with Crippen molar-refractivity contribution < 1.29 is 13.2 Å². The molecule has 0 spiro atoms. The highest BCUT2D eigenvalue weighted by Crippen LogP contribution is 2.15. The summed E-state index contributed by atoms with van der Waals surface area (Å²) in [5.41, 5.74) is -0.693. The van der Waals surface area contributed by atoms with Crippen molar-refractivity contribution >= 4 is 15.9 Å². The zero-order chi connectivity index (χ0) is 14.7. The highest BCUT2D eigenvalue weighted by atomic mass is 32.2. The molecule has 1 fully saturated rings. The molecule has 0 saturated carbocycles. The van der Waals surface area contributed by atoms with Gasteiger partial charge in [0.15, 0.2) is 0 Å². The molecule has 7 heteroatoms. The van der Waals surface area contributed by atoms with E-state index in [2.05, 4.69) is 22.3 Å². The number of hydrogen-bond donors (Lipinski definition) is 3. The maximum absolute atomic E-state index is 12.1. The first-order chi connectivity index (χ1) is 8.61. The highest BCUT2D eigenvalue weighted by molar-refractivity contribution is 7.88. The van der Waals surface area contributed by atoms with Crippen LogP contribution in [-0.4, -0.2) is 45.3 Å². The van der Waals surface area contributed by atoms with Crippen molar-refractivity contribution in [1.82, 2.24) is 15.4 Å². The molecule has 1 heterocycles. The van der Waals surface area contributed by atoms with Crippen molar-refractivity contribution in [3.8, 4) is 0 Å². The number of piperidine rings is 1. The van der Waals surface area contributed by atoms with Crippen molar-refractivity contribution in [1.29, 1.82) is 0 Å². The maximum Gasteiger partial charge on any atom is 0.237 e. The lowest BCUT2D eigenvalue weighted by molar-refractivity contribution is -0.125. The van der Waals surface area contributed by atoms with Crippen molar-refractivity contribution in [2.45, 2.75) is 45.2 Å². The molecule has 2 unspecified atom stereocenters. The molecule has 6 nitrogen and oxygen atoms in total. The molecule has 0 bridgehead atoms. The summed E-state index contributed by atoms with van der Waals surface area (Å²) in [6.45, 7) is 6.66. The van der Waals surface area contributed by atoms with E-state index >= 15 is 0 Å². The summed E-state index contributed by atoms with van der Waals surface area (Å²) < 4.78 is 24.9. The molecule has 1 amide bonds. The topological polar surface area (TPSA) is 87.3 Å². The van der Waals surface area contributed by atoms with E-state index in [1.54, 1.807) is 13.8 Å². The molecular formula is C12H25N3O3S. The quantitative estimate of drug-likeness (QED) is 0.656. The molecule has 3 N–H and O–H groups in total. The van der Waals surface area contributed by atoms with Gasteiger partial charge in [-0.2, -0.15) is 0 Å². The minimum Gasteiger partial charge on any atom is -0.353 e. The molecule has 0 aromatic carbocycles. The molecule has 0 aromatic heterocycles. The fourth-order valence-corrected chi connectivity index (χ4v) is 3.43. The van der Waals surface area contributed by atoms with Crippen LogP contribution in [0.5, 0.6) is 0 Å². The Hall–Kier alpha value is -0.660. The number of carbonyl (C=O) groups excluding carboxylic acids is 1. The van der Waals surface area contributed by atoms with Gasteiger partial charge in [0, 0.05) is 12.1 Å². The molecule has 0 radical (unpaired) electrons. The summed E-state index contributed by atoms with van der Waals surface area (Å²) in [7, 11) is -3.28. The Kier molecular flexibility index (Phi) is 5.34. The number of nitrogens with one attached hydrogen (secondary N) is 3. The van der Waals surface area contributed by atoms with E-state index in [9.17, 15) is 13.2 Å². The summed E-state index contributed by atoms with van der Waals surface area (Å²) in [5, 5.41) is 6.02. The predicted molar refractivity (Wildman–Crippen MR) is 75.3 cm³/mol. The summed E-state index contributed by atoms with van der Waals surface area (Å²) in [6, 6.07) is -0.178. The number of carbonyl (C=O) groups is 1. The van der Waals surface area contributed by atoms with Crippen molar-refractivity contribution in [2.24, 2.45) is 5.92 Å². The van der Waals surface area contributed by atoms with Gasteiger partial charge in [0.25, 0.3) is 0 Å². The molecule has 1 saturated heterocycles. The van der Waals surface area contributed by atoms with Crippen LogP contribution in [0.3, 0.4) is 0 Å². The normalized spacial score (nSPS) is 25.1. The second kappa shape index (κ2) is 6.19. The summed E-state index contributed by atoms with van der Waals surface area (Å²) in [4.78, 5) is 12.1. The third kappa shape index (κ3) is 5.88. The van der Waals surface area contributed by atoms with E-state index in [-0.39, 0.29) is 18.5 Å². The van der Waals surface area contributed by atoms with E-state index in [0.29, 0.717) is 5.92 Å². The maximum atomic E-state index is 12.1. The summed E-state index contributed by atoms with van der Waals surface area (Å²) in [6.07, 6.45) is 3.24. The number of hydrogen-bond acceptors (Lipinski definition) is 4. The van der Waals surface area contributed by atoms with Crippen LogP contribution < -0.4 is 15.4 Å². The second-order valence-electron chi connectivity index (χ2n) is 6.03. The first-order valence-electron chi connectivity index (χ1n) is 6.61. The molecule has 2 atom stereocenters. The third-order valence-electron chi connectivity index (χ3n) is 3.22. The highest BCUT2D eigenvalue weighted by Gasteiger charge is 2.29. The molecule has 1 aliphatic rings. The number of amides is 1. The first kappa shape index (κ1) is 16.4. The fourth-order valence-electron chi connectivity index (χ4n) is 2.36. The molecule has 1 rings (SSSR count). The minimum absolute atomic E-state index is 0.0597. The van der Waals surface area contributed by atoms with Crippen LogP contribution in [0.15, 0.2) is 0 Å². The summed E-state index contributed by atoms with van der Waals surface area (Å²) >= 11 is 0. The van der Waals surface area contributed by atoms with Crippen molar-refractivity contribution in [2.75, 3.05) is 19.3 Å². The Morgan fingerprint density at radius 1 is 1.42 bits per heavy atom. The van der Waals surface area contributed by atoms with E-state index < -0.39 is 15.6 Å². The SMILES string of the molecule is CC1CCCNC1C(=O)NCC(C)(C)NS(C)(=O)=O. The van der Waals surface area contributed by atoms with Gasteiger partial charge in [-0.05, 0) is 39.2 Å². The average Bonchev–Trinajstić information content (AvgIpc) is 2.23. The van der Waals surface area contributed by atoms with Crippen molar-refractivity contribution in [3.63, 3.8) is 0 Å². The van der Waals surface area contributed by atoms with Gasteiger partial charge < -0.3 is 10.6 Å². The zero-order valence-electron chi connectivity index (χ0n) is 12.1.